The van der Waals surface area contributed by atoms with E-state index in [4.69, 9.17) is 10.5 Å². The number of nitrogens with two attached hydrogens (primary N) is 1. The van der Waals surface area contributed by atoms with Gasteiger partial charge in [0.2, 0.25) is 0 Å². The number of hydrogen-bond donors (Lipinski definition) is 1. The van der Waals surface area contributed by atoms with Crippen LogP contribution in [0.2, 0.25) is 0 Å². The molecular weight excluding hydrogens is 290 g/mol. The van der Waals surface area contributed by atoms with E-state index >= 15 is 0 Å². The van der Waals surface area contributed by atoms with E-state index in [0.717, 1.165) is 15.8 Å². The Morgan fingerprint density at radius 1 is 1.00 bits per heavy atom. The first-order chi connectivity index (χ1) is 8.68. The zero-order valence-electron chi connectivity index (χ0n) is 10.2. The number of halogens is 1. The normalized spacial score (nSPS) is 13.9. The van der Waals surface area contributed by atoms with Crippen molar-refractivity contribution in [1.29, 1.82) is 0 Å². The minimum Gasteiger partial charge on any atom is -0.483 e. The van der Waals surface area contributed by atoms with Gasteiger partial charge in [0.05, 0.1) is 4.47 Å². The Balaban J connectivity index is 2.26. The van der Waals surface area contributed by atoms with Crippen LogP contribution in [0.3, 0.4) is 0 Å². The van der Waals surface area contributed by atoms with Crippen molar-refractivity contribution in [3.05, 3.63) is 64.6 Å². The topological polar surface area (TPSA) is 35.2 Å². The number of ether oxygens (including phenoxy) is 1. The van der Waals surface area contributed by atoms with Crippen molar-refractivity contribution in [3.8, 4) is 5.75 Å². The Morgan fingerprint density at radius 3 is 2.22 bits per heavy atom. The quantitative estimate of drug-likeness (QED) is 0.929. The molecule has 0 saturated carbocycles. The summed E-state index contributed by atoms with van der Waals surface area (Å²) in [5.41, 5.74) is 7.11. The van der Waals surface area contributed by atoms with Gasteiger partial charge in [0, 0.05) is 6.04 Å². The van der Waals surface area contributed by atoms with Crippen molar-refractivity contribution in [1.82, 2.24) is 0 Å². The molecule has 0 amide bonds. The van der Waals surface area contributed by atoms with E-state index in [-0.39, 0.29) is 12.1 Å². The van der Waals surface area contributed by atoms with Gasteiger partial charge in [-0.3, -0.25) is 0 Å². The molecule has 0 spiro atoms. The van der Waals surface area contributed by atoms with Crippen molar-refractivity contribution in [2.75, 3.05) is 0 Å². The highest BCUT2D eigenvalue weighted by Gasteiger charge is 2.18. The molecule has 0 aliphatic rings. The molecule has 0 aliphatic carbocycles. The molecule has 94 valence electrons. The van der Waals surface area contributed by atoms with E-state index in [1.54, 1.807) is 0 Å². The summed E-state index contributed by atoms with van der Waals surface area (Å²) in [6.07, 6.45) is -0.148. The lowest BCUT2D eigenvalue weighted by Crippen LogP contribution is -2.29. The summed E-state index contributed by atoms with van der Waals surface area (Å²) >= 11 is 3.48. The SMILES string of the molecule is C[C@H](N)C(Oc1ccccc1Br)c1ccccc1. The Bertz CT molecular complexity index is 499. The third-order valence-electron chi connectivity index (χ3n) is 2.70. The predicted molar refractivity (Wildman–Crippen MR) is 77.6 cm³/mol. The molecule has 2 nitrogen and oxygen atoms in total. The average molecular weight is 306 g/mol. The third kappa shape index (κ3) is 3.12. The largest absolute Gasteiger partial charge is 0.483 e. The maximum Gasteiger partial charge on any atom is 0.139 e. The maximum atomic E-state index is 6.03. The van der Waals surface area contributed by atoms with Crippen LogP contribution in [0, 0.1) is 0 Å². The van der Waals surface area contributed by atoms with Crippen molar-refractivity contribution < 1.29 is 4.74 Å². The molecule has 0 radical (unpaired) electrons. The van der Waals surface area contributed by atoms with Crippen molar-refractivity contribution in [2.24, 2.45) is 5.73 Å². The second kappa shape index (κ2) is 6.03. The van der Waals surface area contributed by atoms with Crippen LogP contribution in [0.4, 0.5) is 0 Å². The molecule has 2 aromatic carbocycles. The summed E-state index contributed by atoms with van der Waals surface area (Å²) in [5.74, 6) is 0.809. The monoisotopic (exact) mass is 305 g/mol. The lowest BCUT2D eigenvalue weighted by molar-refractivity contribution is 0.179. The molecule has 2 aromatic rings. The van der Waals surface area contributed by atoms with Gasteiger partial charge < -0.3 is 10.5 Å². The first-order valence-electron chi connectivity index (χ1n) is 5.90. The van der Waals surface area contributed by atoms with Gasteiger partial charge in [0.25, 0.3) is 0 Å². The van der Waals surface area contributed by atoms with Gasteiger partial charge >= 0.3 is 0 Å². The Morgan fingerprint density at radius 2 is 1.61 bits per heavy atom. The molecular formula is C15H16BrNO. The average Bonchev–Trinajstić information content (AvgIpc) is 2.38. The minimum absolute atomic E-state index is 0.0838. The molecule has 0 bridgehead atoms. The van der Waals surface area contributed by atoms with E-state index in [9.17, 15) is 0 Å². The summed E-state index contributed by atoms with van der Waals surface area (Å²) in [6, 6.07) is 17.8. The number of hydrogen-bond acceptors (Lipinski definition) is 2. The van der Waals surface area contributed by atoms with E-state index < -0.39 is 0 Å². The summed E-state index contributed by atoms with van der Waals surface area (Å²) in [6.45, 7) is 1.95. The van der Waals surface area contributed by atoms with Gasteiger partial charge in [0.1, 0.15) is 11.9 Å². The van der Waals surface area contributed by atoms with Gasteiger partial charge in [-0.25, -0.2) is 0 Å². The van der Waals surface area contributed by atoms with Gasteiger partial charge in [-0.05, 0) is 40.5 Å². The van der Waals surface area contributed by atoms with Crippen molar-refractivity contribution in [2.45, 2.75) is 19.1 Å². The van der Waals surface area contributed by atoms with Crippen LogP contribution in [-0.4, -0.2) is 6.04 Å². The van der Waals surface area contributed by atoms with Crippen molar-refractivity contribution >= 4 is 15.9 Å². The number of benzene rings is 2. The molecule has 2 atom stereocenters. The molecule has 0 fully saturated rings. The fraction of sp³-hybridized carbons (Fsp3) is 0.200. The number of rotatable bonds is 4. The highest BCUT2D eigenvalue weighted by Crippen LogP contribution is 2.30. The maximum absolute atomic E-state index is 6.03. The van der Waals surface area contributed by atoms with Crippen molar-refractivity contribution in [3.63, 3.8) is 0 Å². The van der Waals surface area contributed by atoms with Crippen LogP contribution in [-0.2, 0) is 0 Å². The van der Waals surface area contributed by atoms with Crippen LogP contribution in [0.5, 0.6) is 5.75 Å². The fourth-order valence-corrected chi connectivity index (χ4v) is 2.18. The van der Waals surface area contributed by atoms with E-state index in [1.165, 1.54) is 0 Å². The second-order valence-electron chi connectivity index (χ2n) is 4.24. The lowest BCUT2D eigenvalue weighted by atomic mass is 10.0. The van der Waals surface area contributed by atoms with Crippen LogP contribution >= 0.6 is 15.9 Å². The summed E-state index contributed by atoms with van der Waals surface area (Å²) in [7, 11) is 0. The zero-order valence-corrected chi connectivity index (χ0v) is 11.8. The Hall–Kier alpha value is -1.32. The standard InChI is InChI=1S/C15H16BrNO/c1-11(17)15(12-7-3-2-4-8-12)18-14-10-6-5-9-13(14)16/h2-11,15H,17H2,1H3/t11-,15?/m0/s1. The van der Waals surface area contributed by atoms with Crippen LogP contribution in [0.1, 0.15) is 18.6 Å². The van der Waals surface area contributed by atoms with Gasteiger partial charge in [-0.2, -0.15) is 0 Å². The molecule has 0 aromatic heterocycles. The van der Waals surface area contributed by atoms with Gasteiger partial charge in [-0.1, -0.05) is 42.5 Å². The smallest absolute Gasteiger partial charge is 0.139 e. The number of para-hydroxylation sites is 1. The highest BCUT2D eigenvalue weighted by molar-refractivity contribution is 9.10. The van der Waals surface area contributed by atoms with E-state index in [1.807, 2.05) is 61.5 Å². The molecule has 1 unspecified atom stereocenters. The first kappa shape index (κ1) is 13.1. The highest BCUT2D eigenvalue weighted by atomic mass is 79.9. The van der Waals surface area contributed by atoms with Crippen LogP contribution in [0.25, 0.3) is 0 Å². The van der Waals surface area contributed by atoms with E-state index in [0.29, 0.717) is 0 Å². The van der Waals surface area contributed by atoms with Crippen LogP contribution in [0.15, 0.2) is 59.1 Å². The molecule has 2 rings (SSSR count). The summed E-state index contributed by atoms with van der Waals surface area (Å²) in [5, 5.41) is 0. The molecule has 3 heteroatoms. The third-order valence-corrected chi connectivity index (χ3v) is 3.35. The van der Waals surface area contributed by atoms with Gasteiger partial charge in [0.15, 0.2) is 0 Å². The van der Waals surface area contributed by atoms with Crippen LogP contribution < -0.4 is 10.5 Å². The Labute approximate surface area is 116 Å². The summed E-state index contributed by atoms with van der Waals surface area (Å²) in [4.78, 5) is 0. The predicted octanol–water partition coefficient (Wildman–Crippen LogP) is 3.92. The summed E-state index contributed by atoms with van der Waals surface area (Å²) < 4.78 is 6.96. The lowest BCUT2D eigenvalue weighted by Gasteiger charge is -2.23. The molecule has 0 heterocycles. The van der Waals surface area contributed by atoms with E-state index in [2.05, 4.69) is 15.9 Å². The minimum atomic E-state index is -0.148. The zero-order chi connectivity index (χ0) is 13.0. The Kier molecular flexibility index (Phi) is 4.39. The molecule has 18 heavy (non-hydrogen) atoms. The first-order valence-corrected chi connectivity index (χ1v) is 6.69. The molecule has 0 aliphatic heterocycles. The van der Waals surface area contributed by atoms with Gasteiger partial charge in [-0.15, -0.1) is 0 Å². The molecule has 2 N–H and O–H groups in total. The second-order valence-corrected chi connectivity index (χ2v) is 5.09. The fourth-order valence-electron chi connectivity index (χ4n) is 1.80. The molecule has 0 saturated heterocycles.